The van der Waals surface area contributed by atoms with Gasteiger partial charge in [0.1, 0.15) is 11.6 Å². The van der Waals surface area contributed by atoms with Crippen molar-refractivity contribution in [2.75, 3.05) is 6.61 Å². The minimum atomic E-state index is 0.0904. The predicted molar refractivity (Wildman–Crippen MR) is 83.5 cm³/mol. The highest BCUT2D eigenvalue weighted by Crippen LogP contribution is 2.30. The molecule has 0 aliphatic rings. The SMILES string of the molecule is CCCOc1ccc2ccc(C(=N)N)cc2c1I. The van der Waals surface area contributed by atoms with Crippen LogP contribution in [-0.4, -0.2) is 12.4 Å². The van der Waals surface area contributed by atoms with E-state index in [0.717, 1.165) is 32.1 Å². The second-order valence-corrected chi connectivity index (χ2v) is 5.15. The van der Waals surface area contributed by atoms with E-state index in [2.05, 4.69) is 29.5 Å². The van der Waals surface area contributed by atoms with Crippen LogP contribution in [0.4, 0.5) is 0 Å². The smallest absolute Gasteiger partial charge is 0.133 e. The van der Waals surface area contributed by atoms with E-state index in [4.69, 9.17) is 15.9 Å². The summed E-state index contributed by atoms with van der Waals surface area (Å²) in [6.45, 7) is 2.80. The van der Waals surface area contributed by atoms with Crippen LogP contribution in [0.15, 0.2) is 30.3 Å². The normalized spacial score (nSPS) is 10.6. The standard InChI is InChI=1S/C14H15IN2O/c1-2-7-18-12-6-5-9-3-4-10(14(16)17)8-11(9)13(12)15/h3-6,8H,2,7H2,1H3,(H3,16,17). The van der Waals surface area contributed by atoms with Gasteiger partial charge in [0.15, 0.2) is 0 Å². The summed E-state index contributed by atoms with van der Waals surface area (Å²) < 4.78 is 6.77. The van der Waals surface area contributed by atoms with E-state index in [0.29, 0.717) is 6.61 Å². The second-order valence-electron chi connectivity index (χ2n) is 4.08. The molecule has 2 aromatic rings. The molecule has 3 nitrogen and oxygen atoms in total. The minimum absolute atomic E-state index is 0.0904. The van der Waals surface area contributed by atoms with E-state index in [1.165, 1.54) is 0 Å². The van der Waals surface area contributed by atoms with Gasteiger partial charge in [-0.25, -0.2) is 0 Å². The fraction of sp³-hybridized carbons (Fsp3) is 0.214. The fourth-order valence-electron chi connectivity index (χ4n) is 1.75. The molecule has 0 unspecified atom stereocenters. The number of amidine groups is 1. The molecule has 0 aliphatic heterocycles. The molecule has 4 heteroatoms. The molecule has 94 valence electrons. The van der Waals surface area contributed by atoms with Crippen molar-refractivity contribution < 1.29 is 4.74 Å². The third-order valence-electron chi connectivity index (χ3n) is 2.69. The Morgan fingerprint density at radius 2 is 2.06 bits per heavy atom. The van der Waals surface area contributed by atoms with Gasteiger partial charge in [-0.05, 0) is 51.9 Å². The molecule has 0 aliphatic carbocycles. The Hall–Kier alpha value is -1.30. The molecule has 0 spiro atoms. The van der Waals surface area contributed by atoms with Crippen molar-refractivity contribution in [3.05, 3.63) is 39.5 Å². The molecule has 2 aromatic carbocycles. The maximum Gasteiger partial charge on any atom is 0.133 e. The number of halogens is 1. The zero-order chi connectivity index (χ0) is 13.1. The Labute approximate surface area is 120 Å². The summed E-state index contributed by atoms with van der Waals surface area (Å²) in [6, 6.07) is 9.82. The molecule has 3 N–H and O–H groups in total. The number of nitrogen functional groups attached to an aromatic ring is 1. The Morgan fingerprint density at radius 1 is 1.33 bits per heavy atom. The van der Waals surface area contributed by atoms with E-state index >= 15 is 0 Å². The molecule has 0 bridgehead atoms. The maximum atomic E-state index is 7.49. The minimum Gasteiger partial charge on any atom is -0.492 e. The van der Waals surface area contributed by atoms with E-state index in [1.807, 2.05) is 30.3 Å². The topological polar surface area (TPSA) is 59.1 Å². The lowest BCUT2D eigenvalue weighted by Gasteiger charge is -2.10. The number of benzene rings is 2. The first-order valence-corrected chi connectivity index (χ1v) is 6.91. The number of fused-ring (bicyclic) bond motifs is 1. The lowest BCUT2D eigenvalue weighted by molar-refractivity contribution is 0.316. The van der Waals surface area contributed by atoms with Gasteiger partial charge < -0.3 is 10.5 Å². The van der Waals surface area contributed by atoms with Crippen LogP contribution in [0.3, 0.4) is 0 Å². The van der Waals surface area contributed by atoms with Gasteiger partial charge in [-0.3, -0.25) is 5.41 Å². The van der Waals surface area contributed by atoms with Crippen LogP contribution in [0.1, 0.15) is 18.9 Å². The van der Waals surface area contributed by atoms with Crippen LogP contribution in [0.5, 0.6) is 5.75 Å². The summed E-state index contributed by atoms with van der Waals surface area (Å²) in [5, 5.41) is 9.70. The van der Waals surface area contributed by atoms with Crippen molar-refractivity contribution in [3.8, 4) is 5.75 Å². The number of rotatable bonds is 4. The average Bonchev–Trinajstić information content (AvgIpc) is 2.37. The summed E-state index contributed by atoms with van der Waals surface area (Å²) in [4.78, 5) is 0. The van der Waals surface area contributed by atoms with Crippen molar-refractivity contribution in [1.29, 1.82) is 5.41 Å². The average molecular weight is 354 g/mol. The van der Waals surface area contributed by atoms with Crippen LogP contribution >= 0.6 is 22.6 Å². The van der Waals surface area contributed by atoms with Gasteiger partial charge in [0, 0.05) is 5.56 Å². The van der Waals surface area contributed by atoms with Crippen molar-refractivity contribution in [2.45, 2.75) is 13.3 Å². The molecule has 0 atom stereocenters. The molecule has 0 saturated heterocycles. The van der Waals surface area contributed by atoms with Gasteiger partial charge in [0.2, 0.25) is 0 Å². The van der Waals surface area contributed by atoms with E-state index in [1.54, 1.807) is 0 Å². The second kappa shape index (κ2) is 5.56. The Kier molecular flexibility index (Phi) is 4.06. The fourth-order valence-corrected chi connectivity index (χ4v) is 2.56. The quantitative estimate of drug-likeness (QED) is 0.502. The van der Waals surface area contributed by atoms with Crippen molar-refractivity contribution >= 4 is 39.2 Å². The van der Waals surface area contributed by atoms with Gasteiger partial charge in [-0.15, -0.1) is 0 Å². The molecular weight excluding hydrogens is 339 g/mol. The zero-order valence-electron chi connectivity index (χ0n) is 10.2. The highest BCUT2D eigenvalue weighted by Gasteiger charge is 2.07. The van der Waals surface area contributed by atoms with Crippen molar-refractivity contribution in [1.82, 2.24) is 0 Å². The molecule has 0 radical (unpaired) electrons. The van der Waals surface area contributed by atoms with Crippen LogP contribution in [0.2, 0.25) is 0 Å². The Balaban J connectivity index is 2.53. The maximum absolute atomic E-state index is 7.49. The summed E-state index contributed by atoms with van der Waals surface area (Å²) in [6.07, 6.45) is 0.988. The van der Waals surface area contributed by atoms with Gasteiger partial charge in [0.25, 0.3) is 0 Å². The predicted octanol–water partition coefficient (Wildman–Crippen LogP) is 3.52. The van der Waals surface area contributed by atoms with Crippen LogP contribution in [0, 0.1) is 8.98 Å². The number of ether oxygens (including phenoxy) is 1. The lowest BCUT2D eigenvalue weighted by Crippen LogP contribution is -2.10. The number of hydrogen-bond donors (Lipinski definition) is 2. The summed E-state index contributed by atoms with van der Waals surface area (Å²) >= 11 is 2.28. The lowest BCUT2D eigenvalue weighted by atomic mass is 10.1. The molecule has 0 aromatic heterocycles. The van der Waals surface area contributed by atoms with E-state index < -0.39 is 0 Å². The first-order chi connectivity index (χ1) is 8.63. The number of nitrogens with one attached hydrogen (secondary N) is 1. The van der Waals surface area contributed by atoms with Gasteiger partial charge in [-0.2, -0.15) is 0 Å². The molecule has 2 rings (SSSR count). The Morgan fingerprint density at radius 3 is 2.72 bits per heavy atom. The monoisotopic (exact) mass is 354 g/mol. The molecule has 0 saturated carbocycles. The molecular formula is C14H15IN2O. The summed E-state index contributed by atoms with van der Waals surface area (Å²) in [5.74, 6) is 0.984. The van der Waals surface area contributed by atoms with Crippen molar-refractivity contribution in [2.24, 2.45) is 5.73 Å². The van der Waals surface area contributed by atoms with Crippen molar-refractivity contribution in [3.63, 3.8) is 0 Å². The van der Waals surface area contributed by atoms with Crippen LogP contribution in [-0.2, 0) is 0 Å². The van der Waals surface area contributed by atoms with Gasteiger partial charge >= 0.3 is 0 Å². The third-order valence-corrected chi connectivity index (χ3v) is 3.81. The van der Waals surface area contributed by atoms with Crippen LogP contribution < -0.4 is 10.5 Å². The van der Waals surface area contributed by atoms with Crippen LogP contribution in [0.25, 0.3) is 10.8 Å². The first-order valence-electron chi connectivity index (χ1n) is 5.83. The first kappa shape index (κ1) is 13.1. The molecule has 0 heterocycles. The third kappa shape index (κ3) is 2.58. The highest BCUT2D eigenvalue weighted by atomic mass is 127. The van der Waals surface area contributed by atoms with Gasteiger partial charge in [0.05, 0.1) is 10.2 Å². The number of nitrogens with two attached hydrogens (primary N) is 1. The largest absolute Gasteiger partial charge is 0.492 e. The summed E-state index contributed by atoms with van der Waals surface area (Å²) in [7, 11) is 0. The highest BCUT2D eigenvalue weighted by molar-refractivity contribution is 14.1. The van der Waals surface area contributed by atoms with E-state index in [-0.39, 0.29) is 5.84 Å². The van der Waals surface area contributed by atoms with Gasteiger partial charge in [-0.1, -0.05) is 25.1 Å². The number of hydrogen-bond acceptors (Lipinski definition) is 2. The summed E-state index contributed by atoms with van der Waals surface area (Å²) in [5.41, 5.74) is 6.27. The molecule has 18 heavy (non-hydrogen) atoms. The zero-order valence-corrected chi connectivity index (χ0v) is 12.3. The molecule has 0 amide bonds. The molecule has 0 fully saturated rings. The Bertz CT molecular complexity index is 596. The van der Waals surface area contributed by atoms with E-state index in [9.17, 15) is 0 Å².